The average molecular weight is 436 g/mol. The van der Waals surface area contributed by atoms with Gasteiger partial charge in [0.15, 0.2) is 0 Å². The first kappa shape index (κ1) is 19.0. The molecule has 2 amide bonds. The lowest BCUT2D eigenvalue weighted by molar-refractivity contribution is -0.119. The standard InChI is InChI=1S/C15H20Br2N2O3/c1-10(20)18-5-3-7-22-15-13(16)8-12(9-14(15)17)4-6-19-11(2)21/h8-9H,3-7H2,1-2H3,(H,18,20)(H,19,21). The Labute approximate surface area is 147 Å². The van der Waals surface area contributed by atoms with Crippen LogP contribution in [0.15, 0.2) is 21.1 Å². The largest absolute Gasteiger partial charge is 0.491 e. The van der Waals surface area contributed by atoms with Crippen molar-refractivity contribution in [1.29, 1.82) is 0 Å². The van der Waals surface area contributed by atoms with Crippen molar-refractivity contribution in [1.82, 2.24) is 10.6 Å². The van der Waals surface area contributed by atoms with Crippen molar-refractivity contribution in [3.8, 4) is 5.75 Å². The van der Waals surface area contributed by atoms with Crippen molar-refractivity contribution in [2.75, 3.05) is 19.7 Å². The zero-order valence-corrected chi connectivity index (χ0v) is 15.8. The van der Waals surface area contributed by atoms with Crippen molar-refractivity contribution < 1.29 is 14.3 Å². The summed E-state index contributed by atoms with van der Waals surface area (Å²) in [7, 11) is 0. The predicted molar refractivity (Wildman–Crippen MR) is 93.0 cm³/mol. The molecule has 0 aromatic heterocycles. The molecule has 0 saturated heterocycles. The van der Waals surface area contributed by atoms with Gasteiger partial charge in [0.05, 0.1) is 15.6 Å². The minimum Gasteiger partial charge on any atom is -0.491 e. The number of hydrogen-bond acceptors (Lipinski definition) is 3. The van der Waals surface area contributed by atoms with Gasteiger partial charge in [-0.1, -0.05) is 0 Å². The van der Waals surface area contributed by atoms with Crippen LogP contribution in [0.4, 0.5) is 0 Å². The predicted octanol–water partition coefficient (Wildman–Crippen LogP) is 2.80. The molecule has 1 aromatic rings. The maximum absolute atomic E-state index is 10.9. The molecule has 0 atom stereocenters. The third kappa shape index (κ3) is 7.26. The Morgan fingerprint density at radius 2 is 1.59 bits per heavy atom. The second kappa shape index (κ2) is 9.84. The Kier molecular flexibility index (Phi) is 8.48. The van der Waals surface area contributed by atoms with E-state index in [1.165, 1.54) is 13.8 Å². The van der Waals surface area contributed by atoms with Gasteiger partial charge in [-0.05, 0) is 62.4 Å². The van der Waals surface area contributed by atoms with Gasteiger partial charge < -0.3 is 15.4 Å². The summed E-state index contributed by atoms with van der Waals surface area (Å²) in [6.45, 7) is 4.71. The molecule has 7 heteroatoms. The van der Waals surface area contributed by atoms with Crippen molar-refractivity contribution in [3.05, 3.63) is 26.6 Å². The van der Waals surface area contributed by atoms with Gasteiger partial charge in [0.25, 0.3) is 0 Å². The average Bonchev–Trinajstić information content (AvgIpc) is 2.40. The molecule has 0 aliphatic heterocycles. The van der Waals surface area contributed by atoms with Gasteiger partial charge in [-0.3, -0.25) is 9.59 Å². The van der Waals surface area contributed by atoms with E-state index in [1.54, 1.807) is 0 Å². The molecule has 0 radical (unpaired) electrons. The van der Waals surface area contributed by atoms with Crippen LogP contribution in [0.25, 0.3) is 0 Å². The summed E-state index contributed by atoms with van der Waals surface area (Å²) in [5, 5.41) is 5.50. The van der Waals surface area contributed by atoms with E-state index in [-0.39, 0.29) is 11.8 Å². The summed E-state index contributed by atoms with van der Waals surface area (Å²) in [5.74, 6) is 0.675. The Morgan fingerprint density at radius 1 is 1.05 bits per heavy atom. The normalized spacial score (nSPS) is 10.2. The molecule has 0 aliphatic rings. The molecule has 122 valence electrons. The third-order valence-corrected chi connectivity index (χ3v) is 3.97. The van der Waals surface area contributed by atoms with E-state index in [1.807, 2.05) is 12.1 Å². The summed E-state index contributed by atoms with van der Waals surface area (Å²) in [6, 6.07) is 3.96. The van der Waals surface area contributed by atoms with Crippen LogP contribution < -0.4 is 15.4 Å². The lowest BCUT2D eigenvalue weighted by Crippen LogP contribution is -2.22. The number of carbonyl (C=O) groups is 2. The summed E-state index contributed by atoms with van der Waals surface area (Å²) in [6.07, 6.45) is 1.49. The molecule has 1 rings (SSSR count). The minimum absolute atomic E-state index is 0.0303. The van der Waals surface area contributed by atoms with E-state index < -0.39 is 0 Å². The minimum atomic E-state index is -0.0362. The van der Waals surface area contributed by atoms with Crippen LogP contribution in [-0.2, 0) is 16.0 Å². The summed E-state index contributed by atoms with van der Waals surface area (Å²) >= 11 is 7.00. The smallest absolute Gasteiger partial charge is 0.216 e. The van der Waals surface area contributed by atoms with Crippen molar-refractivity contribution >= 4 is 43.7 Å². The fraction of sp³-hybridized carbons (Fsp3) is 0.467. The van der Waals surface area contributed by atoms with Gasteiger partial charge in [-0.15, -0.1) is 0 Å². The SMILES string of the molecule is CC(=O)NCCCOc1c(Br)cc(CCNC(C)=O)cc1Br. The van der Waals surface area contributed by atoms with Gasteiger partial charge in [-0.25, -0.2) is 0 Å². The number of benzene rings is 1. The summed E-state index contributed by atoms with van der Waals surface area (Å²) in [5.41, 5.74) is 1.10. The quantitative estimate of drug-likeness (QED) is 0.617. The molecule has 0 saturated carbocycles. The molecule has 2 N–H and O–H groups in total. The maximum Gasteiger partial charge on any atom is 0.216 e. The van der Waals surface area contributed by atoms with Crippen molar-refractivity contribution in [2.24, 2.45) is 0 Å². The molecule has 0 fully saturated rings. The topological polar surface area (TPSA) is 67.4 Å². The van der Waals surface area contributed by atoms with Crippen LogP contribution in [0.1, 0.15) is 25.8 Å². The van der Waals surface area contributed by atoms with Crippen LogP contribution in [0.2, 0.25) is 0 Å². The lowest BCUT2D eigenvalue weighted by Gasteiger charge is -2.12. The first-order chi connectivity index (χ1) is 10.4. The number of amides is 2. The Bertz CT molecular complexity index is 513. The van der Waals surface area contributed by atoms with E-state index in [0.29, 0.717) is 19.7 Å². The van der Waals surface area contributed by atoms with E-state index in [4.69, 9.17) is 4.74 Å². The van der Waals surface area contributed by atoms with Crippen LogP contribution in [0, 0.1) is 0 Å². The zero-order valence-electron chi connectivity index (χ0n) is 12.7. The fourth-order valence-corrected chi connectivity index (χ4v) is 3.30. The van der Waals surface area contributed by atoms with Crippen molar-refractivity contribution in [2.45, 2.75) is 26.7 Å². The van der Waals surface area contributed by atoms with Crippen molar-refractivity contribution in [3.63, 3.8) is 0 Å². The molecule has 22 heavy (non-hydrogen) atoms. The maximum atomic E-state index is 10.9. The van der Waals surface area contributed by atoms with Gasteiger partial charge in [0, 0.05) is 26.9 Å². The highest BCUT2D eigenvalue weighted by molar-refractivity contribution is 9.11. The number of carbonyl (C=O) groups excluding carboxylic acids is 2. The van der Waals surface area contributed by atoms with E-state index >= 15 is 0 Å². The van der Waals surface area contributed by atoms with Gasteiger partial charge >= 0.3 is 0 Å². The highest BCUT2D eigenvalue weighted by Gasteiger charge is 2.09. The fourth-order valence-electron chi connectivity index (χ4n) is 1.79. The Hall–Kier alpha value is -1.08. The zero-order chi connectivity index (χ0) is 16.5. The lowest BCUT2D eigenvalue weighted by atomic mass is 10.1. The van der Waals surface area contributed by atoms with Crippen LogP contribution in [0.3, 0.4) is 0 Å². The molecule has 1 aromatic carbocycles. The number of ether oxygens (including phenoxy) is 1. The molecule has 0 unspecified atom stereocenters. The molecule has 0 heterocycles. The van der Waals surface area contributed by atoms with Gasteiger partial charge in [0.2, 0.25) is 11.8 Å². The highest BCUT2D eigenvalue weighted by Crippen LogP contribution is 2.35. The van der Waals surface area contributed by atoms with Gasteiger partial charge in [-0.2, -0.15) is 0 Å². The number of nitrogens with one attached hydrogen (secondary N) is 2. The third-order valence-electron chi connectivity index (χ3n) is 2.79. The molecule has 0 aliphatic carbocycles. The molecule has 0 spiro atoms. The monoisotopic (exact) mass is 434 g/mol. The van der Waals surface area contributed by atoms with E-state index in [0.717, 1.165) is 33.1 Å². The first-order valence-electron chi connectivity index (χ1n) is 6.99. The Morgan fingerprint density at radius 3 is 2.14 bits per heavy atom. The van der Waals surface area contributed by atoms with Crippen LogP contribution in [0.5, 0.6) is 5.75 Å². The number of halogens is 2. The summed E-state index contributed by atoms with van der Waals surface area (Å²) in [4.78, 5) is 21.6. The second-order valence-corrected chi connectivity index (χ2v) is 6.52. The Balaban J connectivity index is 2.51. The molecule has 0 bridgehead atoms. The molecule has 5 nitrogen and oxygen atoms in total. The second-order valence-electron chi connectivity index (χ2n) is 4.81. The first-order valence-corrected chi connectivity index (χ1v) is 8.58. The van der Waals surface area contributed by atoms with E-state index in [9.17, 15) is 9.59 Å². The van der Waals surface area contributed by atoms with Crippen LogP contribution >= 0.6 is 31.9 Å². The van der Waals surface area contributed by atoms with E-state index in [2.05, 4.69) is 42.5 Å². The van der Waals surface area contributed by atoms with Gasteiger partial charge in [0.1, 0.15) is 5.75 Å². The molecular weight excluding hydrogens is 416 g/mol. The highest BCUT2D eigenvalue weighted by atomic mass is 79.9. The number of rotatable bonds is 8. The molecular formula is C15H20Br2N2O3. The summed E-state index contributed by atoms with van der Waals surface area (Å²) < 4.78 is 7.45. The number of hydrogen-bond donors (Lipinski definition) is 2. The van der Waals surface area contributed by atoms with Crippen LogP contribution in [-0.4, -0.2) is 31.5 Å².